The number of ether oxygens (including phenoxy) is 3. The van der Waals surface area contributed by atoms with Crippen molar-refractivity contribution in [1.82, 2.24) is 10.2 Å². The number of hydrogen-bond acceptors (Lipinski definition) is 5. The first kappa shape index (κ1) is 16.7. The largest absolute Gasteiger partial charge is 0.454 e. The van der Waals surface area contributed by atoms with Crippen molar-refractivity contribution in [2.45, 2.75) is 25.8 Å². The van der Waals surface area contributed by atoms with Gasteiger partial charge in [-0.3, -0.25) is 4.79 Å². The minimum absolute atomic E-state index is 0.181. The highest BCUT2D eigenvalue weighted by molar-refractivity contribution is 5.82. The summed E-state index contributed by atoms with van der Waals surface area (Å²) in [4.78, 5) is 15.1. The number of nitrogens with one attached hydrogen (secondary N) is 1. The SMILES string of the molecule is COCCN(Cc1ccc2c(c1)OCO2)C(=O)C1CC12CCNCC2. The smallest absolute Gasteiger partial charge is 0.231 e. The van der Waals surface area contributed by atoms with E-state index in [0.29, 0.717) is 19.7 Å². The number of benzene rings is 1. The van der Waals surface area contributed by atoms with Crippen LogP contribution in [0.1, 0.15) is 24.8 Å². The third-order valence-corrected chi connectivity index (χ3v) is 5.77. The maximum atomic E-state index is 13.1. The molecule has 1 aromatic rings. The molecule has 4 rings (SSSR count). The van der Waals surface area contributed by atoms with Crippen LogP contribution in [0.2, 0.25) is 0 Å². The van der Waals surface area contributed by atoms with Crippen LogP contribution >= 0.6 is 0 Å². The average Bonchev–Trinajstić information content (AvgIpc) is 3.11. The fraction of sp³-hybridized carbons (Fsp3) is 0.632. The first-order chi connectivity index (χ1) is 12.2. The van der Waals surface area contributed by atoms with Gasteiger partial charge in [0.05, 0.1) is 6.61 Å². The monoisotopic (exact) mass is 346 g/mol. The van der Waals surface area contributed by atoms with E-state index in [-0.39, 0.29) is 24.0 Å². The summed E-state index contributed by atoms with van der Waals surface area (Å²) in [6.07, 6.45) is 3.27. The van der Waals surface area contributed by atoms with Crippen molar-refractivity contribution in [3.05, 3.63) is 23.8 Å². The zero-order valence-corrected chi connectivity index (χ0v) is 14.8. The van der Waals surface area contributed by atoms with E-state index in [0.717, 1.165) is 49.4 Å². The third-order valence-electron chi connectivity index (χ3n) is 5.77. The van der Waals surface area contributed by atoms with Gasteiger partial charge in [0.1, 0.15) is 0 Å². The molecule has 136 valence electrons. The highest BCUT2D eigenvalue weighted by atomic mass is 16.7. The van der Waals surface area contributed by atoms with Crippen molar-refractivity contribution in [3.8, 4) is 11.5 Å². The number of rotatable bonds is 6. The Balaban J connectivity index is 1.45. The van der Waals surface area contributed by atoms with Crippen LogP contribution < -0.4 is 14.8 Å². The number of methoxy groups -OCH3 is 1. The number of piperidine rings is 1. The summed E-state index contributed by atoms with van der Waals surface area (Å²) in [5.74, 6) is 1.99. The summed E-state index contributed by atoms with van der Waals surface area (Å²) >= 11 is 0. The lowest BCUT2D eigenvalue weighted by molar-refractivity contribution is -0.135. The standard InChI is InChI=1S/C19H26N2O4/c1-23-9-8-21(12-14-2-3-16-17(10-14)25-13-24-16)18(22)15-11-19(15)4-6-20-7-5-19/h2-3,10,15,20H,4-9,11-13H2,1H3. The Morgan fingerprint density at radius 3 is 2.92 bits per heavy atom. The van der Waals surface area contributed by atoms with Gasteiger partial charge in [-0.05, 0) is 55.5 Å². The quantitative estimate of drug-likeness (QED) is 0.851. The Bertz CT molecular complexity index is 642. The molecule has 0 radical (unpaired) electrons. The Hall–Kier alpha value is -1.79. The molecule has 1 N–H and O–H groups in total. The molecular weight excluding hydrogens is 320 g/mol. The summed E-state index contributed by atoms with van der Waals surface area (Å²) in [7, 11) is 1.68. The van der Waals surface area contributed by atoms with Crippen LogP contribution in [-0.4, -0.2) is 51.0 Å². The van der Waals surface area contributed by atoms with Crippen LogP contribution in [0.5, 0.6) is 11.5 Å². The van der Waals surface area contributed by atoms with Crippen LogP contribution in [0.3, 0.4) is 0 Å². The molecule has 0 bridgehead atoms. The molecule has 6 heteroatoms. The molecule has 1 aromatic carbocycles. The van der Waals surface area contributed by atoms with Gasteiger partial charge < -0.3 is 24.4 Å². The summed E-state index contributed by atoms with van der Waals surface area (Å²) in [5.41, 5.74) is 1.32. The lowest BCUT2D eigenvalue weighted by Crippen LogP contribution is -2.37. The molecule has 25 heavy (non-hydrogen) atoms. The summed E-state index contributed by atoms with van der Waals surface area (Å²) in [6, 6.07) is 5.90. The second kappa shape index (κ2) is 6.84. The van der Waals surface area contributed by atoms with Gasteiger partial charge >= 0.3 is 0 Å². The van der Waals surface area contributed by atoms with Gasteiger partial charge in [-0.1, -0.05) is 6.07 Å². The van der Waals surface area contributed by atoms with E-state index in [9.17, 15) is 4.79 Å². The molecule has 2 heterocycles. The number of hydrogen-bond donors (Lipinski definition) is 1. The van der Waals surface area contributed by atoms with Crippen LogP contribution in [0.15, 0.2) is 18.2 Å². The molecule has 3 aliphatic rings. The average molecular weight is 346 g/mol. The fourth-order valence-corrected chi connectivity index (χ4v) is 4.12. The second-order valence-electron chi connectivity index (χ2n) is 7.31. The normalized spacial score (nSPS) is 22.8. The Morgan fingerprint density at radius 1 is 1.32 bits per heavy atom. The maximum Gasteiger partial charge on any atom is 0.231 e. The minimum Gasteiger partial charge on any atom is -0.454 e. The molecular formula is C19H26N2O4. The Labute approximate surface area is 148 Å². The third kappa shape index (κ3) is 3.33. The maximum absolute atomic E-state index is 13.1. The molecule has 1 spiro atoms. The summed E-state index contributed by atoms with van der Waals surface area (Å²) < 4.78 is 16.0. The predicted octanol–water partition coefficient (Wildman–Crippen LogP) is 1.78. The molecule has 1 atom stereocenters. The van der Waals surface area contributed by atoms with Gasteiger partial charge in [-0.15, -0.1) is 0 Å². The number of carbonyl (C=O) groups is 1. The molecule has 2 fully saturated rings. The fourth-order valence-electron chi connectivity index (χ4n) is 4.12. The molecule has 1 aliphatic carbocycles. The molecule has 1 saturated heterocycles. The highest BCUT2D eigenvalue weighted by Gasteiger charge is 2.58. The lowest BCUT2D eigenvalue weighted by atomic mass is 9.91. The molecule has 0 aromatic heterocycles. The summed E-state index contributed by atoms with van der Waals surface area (Å²) in [6.45, 7) is 4.09. The van der Waals surface area contributed by atoms with Gasteiger partial charge in [-0.2, -0.15) is 0 Å². The van der Waals surface area contributed by atoms with E-state index in [1.807, 2.05) is 23.1 Å². The molecule has 6 nitrogen and oxygen atoms in total. The van der Waals surface area contributed by atoms with Gasteiger partial charge in [-0.25, -0.2) is 0 Å². The predicted molar refractivity (Wildman–Crippen MR) is 92.5 cm³/mol. The van der Waals surface area contributed by atoms with Gasteiger partial charge in [0, 0.05) is 26.1 Å². The van der Waals surface area contributed by atoms with Gasteiger partial charge in [0.15, 0.2) is 11.5 Å². The lowest BCUT2D eigenvalue weighted by Gasteiger charge is -2.27. The number of nitrogens with zero attached hydrogens (tertiary/aromatic N) is 1. The van der Waals surface area contributed by atoms with Crippen molar-refractivity contribution in [2.24, 2.45) is 11.3 Å². The second-order valence-corrected chi connectivity index (χ2v) is 7.31. The van der Waals surface area contributed by atoms with Crippen molar-refractivity contribution in [1.29, 1.82) is 0 Å². The number of amides is 1. The van der Waals surface area contributed by atoms with Crippen molar-refractivity contribution in [3.63, 3.8) is 0 Å². The van der Waals surface area contributed by atoms with E-state index in [4.69, 9.17) is 14.2 Å². The highest BCUT2D eigenvalue weighted by Crippen LogP contribution is 2.59. The van der Waals surface area contributed by atoms with Crippen molar-refractivity contribution in [2.75, 3.05) is 40.1 Å². The van der Waals surface area contributed by atoms with Gasteiger partial charge in [0.2, 0.25) is 12.7 Å². The Kier molecular flexibility index (Phi) is 4.56. The van der Waals surface area contributed by atoms with E-state index >= 15 is 0 Å². The number of fused-ring (bicyclic) bond motifs is 1. The van der Waals surface area contributed by atoms with Crippen LogP contribution in [0.4, 0.5) is 0 Å². The van der Waals surface area contributed by atoms with E-state index in [1.165, 1.54) is 0 Å². The van der Waals surface area contributed by atoms with Crippen molar-refractivity contribution >= 4 is 5.91 Å². The summed E-state index contributed by atoms with van der Waals surface area (Å²) in [5, 5.41) is 3.40. The van der Waals surface area contributed by atoms with Crippen LogP contribution in [0.25, 0.3) is 0 Å². The molecule has 1 amide bonds. The van der Waals surface area contributed by atoms with Crippen LogP contribution in [0, 0.1) is 11.3 Å². The molecule has 1 unspecified atom stereocenters. The van der Waals surface area contributed by atoms with Crippen molar-refractivity contribution < 1.29 is 19.0 Å². The zero-order valence-electron chi connectivity index (χ0n) is 14.8. The van der Waals surface area contributed by atoms with E-state index < -0.39 is 0 Å². The molecule has 2 aliphatic heterocycles. The first-order valence-corrected chi connectivity index (χ1v) is 9.09. The van der Waals surface area contributed by atoms with Crippen LogP contribution in [-0.2, 0) is 16.1 Å². The van der Waals surface area contributed by atoms with E-state index in [1.54, 1.807) is 7.11 Å². The van der Waals surface area contributed by atoms with Gasteiger partial charge in [0.25, 0.3) is 0 Å². The zero-order chi connectivity index (χ0) is 17.3. The molecule has 1 saturated carbocycles. The Morgan fingerprint density at radius 2 is 2.12 bits per heavy atom. The number of carbonyl (C=O) groups excluding carboxylic acids is 1. The minimum atomic E-state index is 0.181. The first-order valence-electron chi connectivity index (χ1n) is 9.09. The topological polar surface area (TPSA) is 60.0 Å². The van der Waals surface area contributed by atoms with E-state index in [2.05, 4.69) is 5.32 Å².